The van der Waals surface area contributed by atoms with Gasteiger partial charge in [0.05, 0.1) is 18.2 Å². The number of aromatic amines is 1. The molecule has 6 nitrogen and oxygen atoms in total. The minimum Gasteiger partial charge on any atom is -0.297 e. The Hall–Kier alpha value is -2.23. The van der Waals surface area contributed by atoms with Crippen molar-refractivity contribution in [2.45, 2.75) is 20.0 Å². The lowest BCUT2D eigenvalue weighted by Gasteiger charge is -2.34. The van der Waals surface area contributed by atoms with Gasteiger partial charge in [0, 0.05) is 32.7 Å². The number of hydrogen-bond acceptors (Lipinski definition) is 5. The van der Waals surface area contributed by atoms with Crippen LogP contribution in [0.3, 0.4) is 0 Å². The quantitative estimate of drug-likeness (QED) is 0.921. The number of nitrogens with one attached hydrogen (secondary N) is 1. The molecule has 1 N–H and O–H groups in total. The molecule has 2 aromatic rings. The molecule has 0 aliphatic carbocycles. The van der Waals surface area contributed by atoms with Crippen molar-refractivity contribution in [3.05, 3.63) is 47.0 Å². The fourth-order valence-corrected chi connectivity index (χ4v) is 2.76. The minimum absolute atomic E-state index is 0.733. The molecule has 1 aliphatic rings. The monoisotopic (exact) mass is 296 g/mol. The van der Waals surface area contributed by atoms with Crippen LogP contribution in [0.2, 0.25) is 0 Å². The van der Waals surface area contributed by atoms with E-state index in [9.17, 15) is 0 Å². The second-order valence-electron chi connectivity index (χ2n) is 5.70. The van der Waals surface area contributed by atoms with Gasteiger partial charge in [-0.15, -0.1) is 0 Å². The Labute approximate surface area is 130 Å². The lowest BCUT2D eigenvalue weighted by molar-refractivity contribution is 0.120. The molecule has 0 bridgehead atoms. The average molecular weight is 296 g/mol. The predicted octanol–water partition coefficient (Wildman–Crippen LogP) is 1.30. The zero-order valence-corrected chi connectivity index (χ0v) is 12.8. The first kappa shape index (κ1) is 14.7. The van der Waals surface area contributed by atoms with Crippen LogP contribution < -0.4 is 0 Å². The van der Waals surface area contributed by atoms with Gasteiger partial charge >= 0.3 is 0 Å². The van der Waals surface area contributed by atoms with Crippen LogP contribution in [0.15, 0.2) is 24.3 Å². The highest BCUT2D eigenvalue weighted by molar-refractivity contribution is 5.32. The van der Waals surface area contributed by atoms with E-state index in [0.29, 0.717) is 0 Å². The van der Waals surface area contributed by atoms with Crippen LogP contribution >= 0.6 is 0 Å². The standard InChI is InChI=1S/C16H20N6/c1-13-18-16(20-19-13)12-22-7-5-21(6-8-22)11-15-4-2-3-14(9-15)10-17/h2-4,9H,5-8,11-12H2,1H3,(H,18,19,20). The maximum absolute atomic E-state index is 8.96. The van der Waals surface area contributed by atoms with Crippen LogP contribution in [0.5, 0.6) is 0 Å². The summed E-state index contributed by atoms with van der Waals surface area (Å²) in [5.41, 5.74) is 1.94. The number of nitriles is 1. The van der Waals surface area contributed by atoms with Gasteiger partial charge in [-0.2, -0.15) is 10.4 Å². The smallest absolute Gasteiger partial charge is 0.164 e. The number of rotatable bonds is 4. The van der Waals surface area contributed by atoms with Gasteiger partial charge in [-0.1, -0.05) is 12.1 Å². The van der Waals surface area contributed by atoms with Crippen molar-refractivity contribution >= 4 is 0 Å². The van der Waals surface area contributed by atoms with Crippen LogP contribution in [0, 0.1) is 18.3 Å². The summed E-state index contributed by atoms with van der Waals surface area (Å²) in [5.74, 6) is 1.73. The molecule has 1 aromatic carbocycles. The molecule has 1 saturated heterocycles. The van der Waals surface area contributed by atoms with E-state index in [-0.39, 0.29) is 0 Å². The summed E-state index contributed by atoms with van der Waals surface area (Å²) in [7, 11) is 0. The largest absolute Gasteiger partial charge is 0.297 e. The summed E-state index contributed by atoms with van der Waals surface area (Å²) in [5, 5.41) is 16.0. The van der Waals surface area contributed by atoms with Crippen molar-refractivity contribution in [2.24, 2.45) is 0 Å². The summed E-state index contributed by atoms with van der Waals surface area (Å²) in [6.45, 7) is 7.73. The Kier molecular flexibility index (Phi) is 4.47. The van der Waals surface area contributed by atoms with Gasteiger partial charge in [0.2, 0.25) is 0 Å². The summed E-state index contributed by atoms with van der Waals surface area (Å²) >= 11 is 0. The Bertz CT molecular complexity index is 663. The van der Waals surface area contributed by atoms with Crippen LogP contribution in [-0.4, -0.2) is 51.2 Å². The van der Waals surface area contributed by atoms with Gasteiger partial charge in [0.25, 0.3) is 0 Å². The second kappa shape index (κ2) is 6.69. The minimum atomic E-state index is 0.733. The molecule has 0 saturated carbocycles. The molecular formula is C16H20N6. The lowest BCUT2D eigenvalue weighted by Crippen LogP contribution is -2.45. The first-order valence-electron chi connectivity index (χ1n) is 7.54. The van der Waals surface area contributed by atoms with E-state index in [4.69, 9.17) is 5.26 Å². The zero-order valence-electron chi connectivity index (χ0n) is 12.8. The number of aryl methyl sites for hydroxylation is 1. The van der Waals surface area contributed by atoms with E-state index in [0.717, 1.165) is 56.5 Å². The van der Waals surface area contributed by atoms with E-state index >= 15 is 0 Å². The Morgan fingerprint density at radius 3 is 2.55 bits per heavy atom. The van der Waals surface area contributed by atoms with Crippen LogP contribution in [0.4, 0.5) is 0 Å². The van der Waals surface area contributed by atoms with E-state index in [1.54, 1.807) is 0 Å². The third-order valence-electron chi connectivity index (χ3n) is 3.94. The average Bonchev–Trinajstić information content (AvgIpc) is 2.94. The Morgan fingerprint density at radius 1 is 1.18 bits per heavy atom. The first-order valence-corrected chi connectivity index (χ1v) is 7.54. The van der Waals surface area contributed by atoms with Crippen molar-refractivity contribution in [1.29, 1.82) is 5.26 Å². The molecular weight excluding hydrogens is 276 g/mol. The molecule has 1 aliphatic heterocycles. The van der Waals surface area contributed by atoms with E-state index < -0.39 is 0 Å². The highest BCUT2D eigenvalue weighted by Crippen LogP contribution is 2.11. The lowest BCUT2D eigenvalue weighted by atomic mass is 10.1. The number of H-pyrrole nitrogens is 1. The number of benzene rings is 1. The third kappa shape index (κ3) is 3.70. The molecule has 22 heavy (non-hydrogen) atoms. The normalized spacial score (nSPS) is 16.5. The third-order valence-corrected chi connectivity index (χ3v) is 3.94. The van der Waals surface area contributed by atoms with Crippen molar-refractivity contribution in [1.82, 2.24) is 25.0 Å². The first-order chi connectivity index (χ1) is 10.7. The molecule has 0 unspecified atom stereocenters. The van der Waals surface area contributed by atoms with Crippen LogP contribution in [-0.2, 0) is 13.1 Å². The van der Waals surface area contributed by atoms with E-state index in [1.165, 1.54) is 5.56 Å². The second-order valence-corrected chi connectivity index (χ2v) is 5.70. The fourth-order valence-electron chi connectivity index (χ4n) is 2.76. The molecule has 0 radical (unpaired) electrons. The highest BCUT2D eigenvalue weighted by Gasteiger charge is 2.18. The maximum Gasteiger partial charge on any atom is 0.164 e. The van der Waals surface area contributed by atoms with Crippen molar-refractivity contribution in [3.63, 3.8) is 0 Å². The Morgan fingerprint density at radius 2 is 1.91 bits per heavy atom. The molecule has 0 spiro atoms. The molecule has 2 heterocycles. The Balaban J connectivity index is 1.50. The van der Waals surface area contributed by atoms with E-state index in [1.807, 2.05) is 25.1 Å². The fraction of sp³-hybridized carbons (Fsp3) is 0.438. The summed E-state index contributed by atoms with van der Waals surface area (Å²) in [4.78, 5) is 9.16. The van der Waals surface area contributed by atoms with Crippen molar-refractivity contribution < 1.29 is 0 Å². The van der Waals surface area contributed by atoms with Gasteiger partial charge in [0.15, 0.2) is 5.82 Å². The molecule has 0 atom stereocenters. The van der Waals surface area contributed by atoms with Gasteiger partial charge in [0.1, 0.15) is 5.82 Å². The van der Waals surface area contributed by atoms with Crippen molar-refractivity contribution in [2.75, 3.05) is 26.2 Å². The van der Waals surface area contributed by atoms with Gasteiger partial charge in [-0.05, 0) is 24.6 Å². The number of nitrogens with zero attached hydrogens (tertiary/aromatic N) is 5. The number of hydrogen-bond donors (Lipinski definition) is 1. The highest BCUT2D eigenvalue weighted by atomic mass is 15.3. The summed E-state index contributed by atoms with van der Waals surface area (Å²) < 4.78 is 0. The van der Waals surface area contributed by atoms with Crippen LogP contribution in [0.25, 0.3) is 0 Å². The zero-order chi connectivity index (χ0) is 15.4. The van der Waals surface area contributed by atoms with Crippen LogP contribution in [0.1, 0.15) is 22.8 Å². The molecule has 3 rings (SSSR count). The van der Waals surface area contributed by atoms with Gasteiger partial charge < -0.3 is 0 Å². The van der Waals surface area contributed by atoms with E-state index in [2.05, 4.69) is 37.1 Å². The number of piperazine rings is 1. The molecule has 1 aromatic heterocycles. The van der Waals surface area contributed by atoms with Gasteiger partial charge in [-0.3, -0.25) is 14.9 Å². The molecule has 0 amide bonds. The van der Waals surface area contributed by atoms with Crippen molar-refractivity contribution in [3.8, 4) is 6.07 Å². The molecule has 114 valence electrons. The SMILES string of the molecule is Cc1nc(CN2CCN(Cc3cccc(C#N)c3)CC2)n[nH]1. The topological polar surface area (TPSA) is 71.8 Å². The molecule has 1 fully saturated rings. The summed E-state index contributed by atoms with van der Waals surface area (Å²) in [6, 6.07) is 10.1. The maximum atomic E-state index is 8.96. The predicted molar refractivity (Wildman–Crippen MR) is 82.8 cm³/mol. The molecule has 6 heteroatoms. The number of aromatic nitrogens is 3. The summed E-state index contributed by atoms with van der Waals surface area (Å²) in [6.07, 6.45) is 0. The van der Waals surface area contributed by atoms with Gasteiger partial charge in [-0.25, -0.2) is 4.98 Å².